The van der Waals surface area contributed by atoms with Crippen LogP contribution in [0.1, 0.15) is 30.1 Å². The van der Waals surface area contributed by atoms with Crippen molar-refractivity contribution in [1.29, 1.82) is 0 Å². The molecule has 2 heterocycles. The number of imidazole rings is 1. The molecule has 0 N–H and O–H groups in total. The van der Waals surface area contributed by atoms with Crippen LogP contribution in [0.2, 0.25) is 0 Å². The summed E-state index contributed by atoms with van der Waals surface area (Å²) < 4.78 is 2.10. The quantitative estimate of drug-likeness (QED) is 0.855. The van der Waals surface area contributed by atoms with Crippen LogP contribution in [0.3, 0.4) is 0 Å². The molecule has 4 heteroatoms. The van der Waals surface area contributed by atoms with Crippen molar-refractivity contribution in [2.45, 2.75) is 38.3 Å². The molecule has 3 unspecified atom stereocenters. The Morgan fingerprint density at radius 2 is 2.09 bits per heavy atom. The number of hydrogen-bond donors (Lipinski definition) is 0. The number of nitrogens with zero attached hydrogens (tertiary/aromatic N) is 3. The predicted molar refractivity (Wildman–Crippen MR) is 86.1 cm³/mol. The Bertz CT molecular complexity index is 721. The summed E-state index contributed by atoms with van der Waals surface area (Å²) in [6, 6.07) is 8.70. The molecule has 0 radical (unpaired) electrons. The number of Topliss-reactive ketones (excluding diaryl/α,β-unsaturated/α-hetero) is 1. The van der Waals surface area contributed by atoms with Gasteiger partial charge in [0, 0.05) is 43.6 Å². The Balaban J connectivity index is 1.64. The van der Waals surface area contributed by atoms with E-state index in [2.05, 4.69) is 39.7 Å². The van der Waals surface area contributed by atoms with Crippen LogP contribution in [0, 0.1) is 12.8 Å². The van der Waals surface area contributed by atoms with Crippen molar-refractivity contribution in [2.24, 2.45) is 5.92 Å². The predicted octanol–water partition coefficient (Wildman–Crippen LogP) is 2.77. The average Bonchev–Trinajstić information content (AvgIpc) is 3.05. The number of aromatic nitrogens is 2. The van der Waals surface area contributed by atoms with E-state index in [1.165, 1.54) is 11.3 Å². The average molecular weight is 295 g/mol. The first-order chi connectivity index (χ1) is 10.7. The van der Waals surface area contributed by atoms with E-state index in [0.717, 1.165) is 25.2 Å². The van der Waals surface area contributed by atoms with Gasteiger partial charge in [0.15, 0.2) is 0 Å². The van der Waals surface area contributed by atoms with E-state index in [1.807, 2.05) is 25.4 Å². The summed E-state index contributed by atoms with van der Waals surface area (Å²) in [5, 5.41) is 0. The molecule has 2 aromatic rings. The first-order valence-corrected chi connectivity index (χ1v) is 8.00. The number of anilines is 1. The molecule has 3 atom stereocenters. The molecule has 114 valence electrons. The minimum Gasteiger partial charge on any atom is -0.370 e. The fourth-order valence-corrected chi connectivity index (χ4v) is 4.17. The molecule has 2 aliphatic rings. The highest BCUT2D eigenvalue weighted by Gasteiger charge is 2.46. The Labute approximate surface area is 130 Å². The molecule has 0 amide bonds. The van der Waals surface area contributed by atoms with Gasteiger partial charge in [-0.2, -0.15) is 0 Å². The lowest BCUT2D eigenvalue weighted by atomic mass is 9.75. The summed E-state index contributed by atoms with van der Waals surface area (Å²) in [6.07, 6.45) is 5.84. The second-order valence-electron chi connectivity index (χ2n) is 6.52. The van der Waals surface area contributed by atoms with Crippen LogP contribution in [-0.2, 0) is 11.3 Å². The van der Waals surface area contributed by atoms with E-state index in [9.17, 15) is 4.79 Å². The maximum Gasteiger partial charge on any atom is 0.147 e. The monoisotopic (exact) mass is 295 g/mol. The smallest absolute Gasteiger partial charge is 0.147 e. The molecule has 4 nitrogen and oxygen atoms in total. The Hall–Kier alpha value is -2.10. The molecule has 1 aromatic heterocycles. The third-order valence-corrected chi connectivity index (χ3v) is 5.39. The zero-order chi connectivity index (χ0) is 15.3. The van der Waals surface area contributed by atoms with Gasteiger partial charge in [-0.25, -0.2) is 4.98 Å². The third kappa shape index (κ3) is 1.90. The fraction of sp³-hybridized carbons (Fsp3) is 0.444. The van der Waals surface area contributed by atoms with Gasteiger partial charge in [0.2, 0.25) is 0 Å². The number of carbonyl (C=O) groups is 1. The number of hydrogen-bond acceptors (Lipinski definition) is 3. The van der Waals surface area contributed by atoms with Gasteiger partial charge in [0.05, 0.1) is 5.92 Å². The van der Waals surface area contributed by atoms with Crippen LogP contribution in [0.25, 0.3) is 0 Å². The van der Waals surface area contributed by atoms with Crippen molar-refractivity contribution >= 4 is 11.5 Å². The van der Waals surface area contributed by atoms with Crippen molar-refractivity contribution in [3.8, 4) is 0 Å². The van der Waals surface area contributed by atoms with Crippen LogP contribution in [0.5, 0.6) is 0 Å². The highest BCUT2D eigenvalue weighted by Crippen LogP contribution is 2.46. The lowest BCUT2D eigenvalue weighted by molar-refractivity contribution is -0.127. The van der Waals surface area contributed by atoms with Gasteiger partial charge < -0.3 is 9.47 Å². The van der Waals surface area contributed by atoms with E-state index >= 15 is 0 Å². The zero-order valence-electron chi connectivity index (χ0n) is 13.1. The van der Waals surface area contributed by atoms with Crippen LogP contribution < -0.4 is 4.90 Å². The summed E-state index contributed by atoms with van der Waals surface area (Å²) in [7, 11) is 2.12. The number of benzene rings is 1. The molecule has 4 rings (SSSR count). The van der Waals surface area contributed by atoms with Crippen molar-refractivity contribution in [3.63, 3.8) is 0 Å². The van der Waals surface area contributed by atoms with E-state index in [0.29, 0.717) is 11.8 Å². The van der Waals surface area contributed by atoms with Crippen LogP contribution >= 0.6 is 0 Å². The van der Waals surface area contributed by atoms with Crippen molar-refractivity contribution in [3.05, 3.63) is 48.0 Å². The van der Waals surface area contributed by atoms with E-state index in [1.54, 1.807) is 0 Å². The van der Waals surface area contributed by atoms with E-state index in [-0.39, 0.29) is 11.8 Å². The van der Waals surface area contributed by atoms with E-state index in [4.69, 9.17) is 0 Å². The molecule has 1 fully saturated rings. The first-order valence-electron chi connectivity index (χ1n) is 8.00. The molecule has 0 saturated heterocycles. The summed E-state index contributed by atoms with van der Waals surface area (Å²) in [6.45, 7) is 2.76. The number of carbonyl (C=O) groups excluding carboxylic acids is 1. The molecule has 1 saturated carbocycles. The van der Waals surface area contributed by atoms with Crippen LogP contribution in [0.15, 0.2) is 36.7 Å². The minimum absolute atomic E-state index is 0.0452. The molecular formula is C18H21N3O. The Morgan fingerprint density at radius 3 is 2.86 bits per heavy atom. The largest absolute Gasteiger partial charge is 0.370 e. The molecule has 22 heavy (non-hydrogen) atoms. The summed E-state index contributed by atoms with van der Waals surface area (Å²) >= 11 is 0. The minimum atomic E-state index is 0.0452. The number of aryl methyl sites for hydroxylation is 1. The molecule has 1 aliphatic carbocycles. The van der Waals surface area contributed by atoms with Gasteiger partial charge in [-0.15, -0.1) is 0 Å². The molecule has 1 aromatic carbocycles. The van der Waals surface area contributed by atoms with Gasteiger partial charge in [0.1, 0.15) is 11.6 Å². The maximum atomic E-state index is 13.1. The van der Waals surface area contributed by atoms with Gasteiger partial charge in [0.25, 0.3) is 0 Å². The summed E-state index contributed by atoms with van der Waals surface area (Å²) in [5.41, 5.74) is 2.44. The third-order valence-electron chi connectivity index (χ3n) is 5.39. The van der Waals surface area contributed by atoms with E-state index < -0.39 is 0 Å². The lowest BCUT2D eigenvalue weighted by Crippen LogP contribution is -2.42. The first kappa shape index (κ1) is 13.6. The highest BCUT2D eigenvalue weighted by atomic mass is 16.1. The number of likely N-dealkylation sites (N-methyl/N-ethyl adjacent to an activating group) is 1. The maximum absolute atomic E-state index is 13.1. The topological polar surface area (TPSA) is 38.1 Å². The molecule has 1 aliphatic heterocycles. The normalized spacial score (nSPS) is 26.9. The number of fused-ring (bicyclic) bond motifs is 3. The van der Waals surface area contributed by atoms with Crippen molar-refractivity contribution < 1.29 is 4.79 Å². The SMILES string of the molecule is Cc1nccn1CC1CCC2C(C1=O)c1ccccc1N2C. The second-order valence-corrected chi connectivity index (χ2v) is 6.52. The van der Waals surface area contributed by atoms with Gasteiger partial charge in [-0.05, 0) is 31.4 Å². The highest BCUT2D eigenvalue weighted by molar-refractivity contribution is 5.93. The molecular weight excluding hydrogens is 274 g/mol. The van der Waals surface area contributed by atoms with Crippen LogP contribution in [-0.4, -0.2) is 28.4 Å². The van der Waals surface area contributed by atoms with Crippen molar-refractivity contribution in [2.75, 3.05) is 11.9 Å². The number of ketones is 1. The Morgan fingerprint density at radius 1 is 1.27 bits per heavy atom. The Kier molecular flexibility index (Phi) is 3.06. The summed E-state index contributed by atoms with van der Waals surface area (Å²) in [4.78, 5) is 19.7. The number of para-hydroxylation sites is 1. The van der Waals surface area contributed by atoms with Gasteiger partial charge in [-0.1, -0.05) is 18.2 Å². The van der Waals surface area contributed by atoms with Crippen LogP contribution in [0.4, 0.5) is 5.69 Å². The molecule has 0 bridgehead atoms. The summed E-state index contributed by atoms with van der Waals surface area (Å²) in [5.74, 6) is 1.54. The fourth-order valence-electron chi connectivity index (χ4n) is 4.17. The van der Waals surface area contributed by atoms with Gasteiger partial charge >= 0.3 is 0 Å². The molecule has 0 spiro atoms. The lowest BCUT2D eigenvalue weighted by Gasteiger charge is -2.34. The van der Waals surface area contributed by atoms with Gasteiger partial charge in [-0.3, -0.25) is 4.79 Å². The number of rotatable bonds is 2. The zero-order valence-corrected chi connectivity index (χ0v) is 13.1. The second kappa shape index (κ2) is 4.97. The van der Waals surface area contributed by atoms with Crippen molar-refractivity contribution in [1.82, 2.24) is 9.55 Å². The standard InChI is InChI=1S/C18H21N3O/c1-12-19-9-10-21(12)11-13-7-8-16-17(18(13)22)14-5-3-4-6-15(14)20(16)2/h3-6,9-10,13,16-17H,7-8,11H2,1-2H3.